The molecule has 0 saturated carbocycles. The molecule has 1 aromatic carbocycles. The first-order valence-electron chi connectivity index (χ1n) is 9.13. The Morgan fingerprint density at radius 3 is 2.22 bits per heavy atom. The molecule has 0 N–H and O–H groups in total. The van der Waals surface area contributed by atoms with Crippen molar-refractivity contribution in [2.75, 3.05) is 0 Å². The molecule has 0 aliphatic carbocycles. The van der Waals surface area contributed by atoms with Gasteiger partial charge >= 0.3 is 13.2 Å². The number of halogens is 1. The maximum absolute atomic E-state index is 14.0. The van der Waals surface area contributed by atoms with E-state index in [1.807, 2.05) is 27.7 Å². The van der Waals surface area contributed by atoms with Crippen molar-refractivity contribution in [1.29, 1.82) is 0 Å². The third-order valence-corrected chi connectivity index (χ3v) is 5.28. The predicted molar refractivity (Wildman–Crippen MR) is 104 cm³/mol. The summed E-state index contributed by atoms with van der Waals surface area (Å²) in [6, 6.07) is 4.36. The Hall–Kier alpha value is -1.86. The number of rotatable bonds is 1. The molecule has 7 heteroatoms. The third kappa shape index (κ3) is 3.38. The third-order valence-electron chi connectivity index (χ3n) is 5.28. The molecule has 0 atom stereocenters. The van der Waals surface area contributed by atoms with Crippen LogP contribution in [0.2, 0.25) is 0 Å². The van der Waals surface area contributed by atoms with Crippen LogP contribution in [0.5, 0.6) is 0 Å². The van der Waals surface area contributed by atoms with Gasteiger partial charge < -0.3 is 14.0 Å². The lowest BCUT2D eigenvalue weighted by Crippen LogP contribution is -2.41. The fourth-order valence-electron chi connectivity index (χ4n) is 3.21. The average molecular weight is 375 g/mol. The van der Waals surface area contributed by atoms with Crippen molar-refractivity contribution in [1.82, 2.24) is 4.57 Å². The summed E-state index contributed by atoms with van der Waals surface area (Å²) in [4.78, 5) is 12.8. The van der Waals surface area contributed by atoms with Gasteiger partial charge in [0.05, 0.1) is 16.7 Å². The van der Waals surface area contributed by atoms with E-state index in [9.17, 15) is 9.18 Å². The monoisotopic (exact) mass is 375 g/mol. The van der Waals surface area contributed by atoms with Crippen LogP contribution in [-0.4, -0.2) is 34.6 Å². The zero-order chi connectivity index (χ0) is 20.4. The lowest BCUT2D eigenvalue weighted by atomic mass is 9.77. The molecule has 0 radical (unpaired) electrons. The fraction of sp³-hybridized carbons (Fsp3) is 0.550. The smallest absolute Gasteiger partial charge is 0.443 e. The van der Waals surface area contributed by atoms with Gasteiger partial charge in [-0.15, -0.1) is 0 Å². The second-order valence-electron chi connectivity index (χ2n) is 9.06. The van der Waals surface area contributed by atoms with Crippen molar-refractivity contribution >= 4 is 29.6 Å². The van der Waals surface area contributed by atoms with E-state index in [0.717, 1.165) is 5.46 Å². The largest absolute Gasteiger partial charge is 0.497 e. The minimum atomic E-state index is -0.669. The highest BCUT2D eigenvalue weighted by atomic mass is 19.1. The van der Waals surface area contributed by atoms with E-state index in [0.29, 0.717) is 16.6 Å². The van der Waals surface area contributed by atoms with Gasteiger partial charge in [-0.25, -0.2) is 9.18 Å². The Kier molecular flexibility index (Phi) is 4.48. The molecule has 0 spiro atoms. The van der Waals surface area contributed by atoms with Crippen molar-refractivity contribution in [2.24, 2.45) is 0 Å². The van der Waals surface area contributed by atoms with Crippen LogP contribution in [-0.2, 0) is 14.0 Å². The average Bonchev–Trinajstić information content (AvgIpc) is 2.86. The maximum Gasteiger partial charge on any atom is 0.497 e. The number of benzene rings is 1. The molecule has 146 valence electrons. The summed E-state index contributed by atoms with van der Waals surface area (Å²) in [6.07, 6.45) is -0.557. The summed E-state index contributed by atoms with van der Waals surface area (Å²) >= 11 is 0. The van der Waals surface area contributed by atoms with Crippen LogP contribution in [0.1, 0.15) is 54.2 Å². The van der Waals surface area contributed by atoms with E-state index in [1.165, 1.54) is 16.7 Å². The summed E-state index contributed by atoms with van der Waals surface area (Å²) in [7, 11) is -0.661. The number of hydrogen-bond acceptors (Lipinski definition) is 4. The zero-order valence-electron chi connectivity index (χ0n) is 17.3. The minimum Gasteiger partial charge on any atom is -0.443 e. The molecule has 1 aliphatic rings. The highest BCUT2D eigenvalue weighted by molar-refractivity contribution is 6.66. The molecule has 1 aliphatic heterocycles. The van der Waals surface area contributed by atoms with Gasteiger partial charge in [-0.3, -0.25) is 4.57 Å². The number of carbonyl (C=O) groups excluding carboxylic acids is 1. The first kappa shape index (κ1) is 19.9. The Labute approximate surface area is 159 Å². The highest BCUT2D eigenvalue weighted by Crippen LogP contribution is 2.37. The molecule has 1 saturated heterocycles. The number of ether oxygens (including phenoxy) is 1. The van der Waals surface area contributed by atoms with Gasteiger partial charge in [0.1, 0.15) is 11.4 Å². The molecule has 0 amide bonds. The minimum absolute atomic E-state index is 0.426. The Morgan fingerprint density at radius 1 is 1.15 bits per heavy atom. The standard InChI is InChI=1S/C20H27BFNO4/c1-12-16(21-26-19(5,6)20(7,8)27-21)14-10-9-13(22)11-15(14)23(12)17(24)25-18(2,3)4/h9-11H,1-8H3. The Balaban J connectivity index is 2.18. The van der Waals surface area contributed by atoms with Gasteiger partial charge in [0.15, 0.2) is 0 Å². The number of carbonyl (C=O) groups is 1. The number of hydrogen-bond donors (Lipinski definition) is 0. The quantitative estimate of drug-likeness (QED) is 0.702. The van der Waals surface area contributed by atoms with Gasteiger partial charge in [-0.1, -0.05) is 6.07 Å². The van der Waals surface area contributed by atoms with Crippen molar-refractivity contribution in [3.8, 4) is 0 Å². The van der Waals surface area contributed by atoms with E-state index < -0.39 is 35.8 Å². The molecular formula is C20H27BFNO4. The SMILES string of the molecule is Cc1c(B2OC(C)(C)C(C)(C)O2)c2ccc(F)cc2n1C(=O)OC(C)(C)C. The summed E-state index contributed by atoms with van der Waals surface area (Å²) < 4.78 is 33.2. The van der Waals surface area contributed by atoms with Gasteiger partial charge in [0.25, 0.3) is 0 Å². The molecule has 3 rings (SSSR count). The molecule has 1 fully saturated rings. The lowest BCUT2D eigenvalue weighted by molar-refractivity contribution is 0.00578. The van der Waals surface area contributed by atoms with Crippen molar-refractivity contribution in [2.45, 2.75) is 72.2 Å². The van der Waals surface area contributed by atoms with Gasteiger partial charge in [-0.2, -0.15) is 0 Å². The molecule has 5 nitrogen and oxygen atoms in total. The normalized spacial score (nSPS) is 18.9. The summed E-state index contributed by atoms with van der Waals surface area (Å²) in [5.74, 6) is -0.426. The van der Waals surface area contributed by atoms with E-state index in [-0.39, 0.29) is 0 Å². The summed E-state index contributed by atoms with van der Waals surface area (Å²) in [6.45, 7) is 15.0. The molecule has 0 unspecified atom stereocenters. The number of fused-ring (bicyclic) bond motifs is 1. The Bertz CT molecular complexity index is 895. The van der Waals surface area contributed by atoms with Crippen LogP contribution in [0.15, 0.2) is 18.2 Å². The van der Waals surface area contributed by atoms with Crippen LogP contribution >= 0.6 is 0 Å². The number of nitrogens with zero attached hydrogens (tertiary/aromatic N) is 1. The van der Waals surface area contributed by atoms with Gasteiger partial charge in [-0.05, 0) is 67.5 Å². The molecular weight excluding hydrogens is 348 g/mol. The predicted octanol–water partition coefficient (Wildman–Crippen LogP) is 4.17. The first-order chi connectivity index (χ1) is 12.2. The molecule has 1 aromatic heterocycles. The van der Waals surface area contributed by atoms with Crippen molar-refractivity contribution < 1.29 is 23.2 Å². The van der Waals surface area contributed by atoms with Gasteiger partial charge in [0, 0.05) is 16.5 Å². The van der Waals surface area contributed by atoms with Crippen molar-refractivity contribution in [3.63, 3.8) is 0 Å². The fourth-order valence-corrected chi connectivity index (χ4v) is 3.21. The van der Waals surface area contributed by atoms with Crippen LogP contribution in [0.4, 0.5) is 9.18 Å². The maximum atomic E-state index is 14.0. The lowest BCUT2D eigenvalue weighted by Gasteiger charge is -2.32. The van der Waals surface area contributed by atoms with Crippen LogP contribution in [0.3, 0.4) is 0 Å². The summed E-state index contributed by atoms with van der Waals surface area (Å²) in [5, 5.41) is 0.707. The molecule has 2 heterocycles. The topological polar surface area (TPSA) is 49.7 Å². The van der Waals surface area contributed by atoms with Gasteiger partial charge in [0.2, 0.25) is 0 Å². The number of aromatic nitrogens is 1. The highest BCUT2D eigenvalue weighted by Gasteiger charge is 2.53. The molecule has 27 heavy (non-hydrogen) atoms. The van der Waals surface area contributed by atoms with Crippen LogP contribution in [0, 0.1) is 12.7 Å². The second-order valence-corrected chi connectivity index (χ2v) is 9.06. The molecule has 2 aromatic rings. The van der Waals surface area contributed by atoms with Crippen LogP contribution < -0.4 is 5.46 Å². The Morgan fingerprint density at radius 2 is 1.70 bits per heavy atom. The second kappa shape index (κ2) is 6.07. The van der Waals surface area contributed by atoms with E-state index >= 15 is 0 Å². The van der Waals surface area contributed by atoms with E-state index in [2.05, 4.69) is 0 Å². The first-order valence-corrected chi connectivity index (χ1v) is 9.13. The van der Waals surface area contributed by atoms with Crippen molar-refractivity contribution in [3.05, 3.63) is 29.7 Å². The zero-order valence-corrected chi connectivity index (χ0v) is 17.3. The van der Waals surface area contributed by atoms with E-state index in [1.54, 1.807) is 33.8 Å². The summed E-state index contributed by atoms with van der Waals surface area (Å²) in [5.41, 5.74) is 0.0525. The van der Waals surface area contributed by atoms with Crippen LogP contribution in [0.25, 0.3) is 10.9 Å². The van der Waals surface area contributed by atoms with E-state index in [4.69, 9.17) is 14.0 Å². The molecule has 0 bridgehead atoms.